The number of amides is 1. The SMILES string of the molecule is COC(=O)/C=C(/Nc1ccc2c(c1)C(=O)NCCO2)C(=O)OC. The number of carbonyl (C=O) groups excluding carboxylic acids is 3. The van der Waals surface area contributed by atoms with Gasteiger partial charge < -0.3 is 24.8 Å². The number of nitrogens with one attached hydrogen (secondary N) is 2. The van der Waals surface area contributed by atoms with E-state index in [4.69, 9.17) is 4.74 Å². The lowest BCUT2D eigenvalue weighted by Crippen LogP contribution is -2.24. The highest BCUT2D eigenvalue weighted by molar-refractivity contribution is 6.00. The smallest absolute Gasteiger partial charge is 0.354 e. The standard InChI is InChI=1S/C15H16N2O6/c1-21-13(18)8-11(15(20)22-2)17-9-3-4-12-10(7-9)14(19)16-5-6-23-12/h3-4,7-8,17H,5-6H2,1-2H3,(H,16,19)/b11-8+. The molecule has 0 atom stereocenters. The number of hydrogen-bond acceptors (Lipinski definition) is 7. The number of anilines is 1. The highest BCUT2D eigenvalue weighted by Gasteiger charge is 2.18. The normalized spacial score (nSPS) is 13.8. The lowest BCUT2D eigenvalue weighted by atomic mass is 10.1. The Labute approximate surface area is 132 Å². The molecule has 0 saturated carbocycles. The van der Waals surface area contributed by atoms with Gasteiger partial charge in [0.2, 0.25) is 0 Å². The van der Waals surface area contributed by atoms with Crippen LogP contribution in [-0.4, -0.2) is 45.2 Å². The first-order valence-corrected chi connectivity index (χ1v) is 6.75. The number of benzene rings is 1. The summed E-state index contributed by atoms with van der Waals surface area (Å²) in [5.41, 5.74) is 0.633. The molecule has 0 saturated heterocycles. The highest BCUT2D eigenvalue weighted by atomic mass is 16.5. The van der Waals surface area contributed by atoms with Gasteiger partial charge in [-0.05, 0) is 18.2 Å². The Bertz CT molecular complexity index is 668. The van der Waals surface area contributed by atoms with Crippen LogP contribution in [0.25, 0.3) is 0 Å². The Balaban J connectivity index is 2.30. The molecule has 0 aliphatic carbocycles. The second-order valence-corrected chi connectivity index (χ2v) is 4.51. The summed E-state index contributed by atoms with van der Waals surface area (Å²) in [7, 11) is 2.38. The second kappa shape index (κ2) is 7.30. The first-order chi connectivity index (χ1) is 11.0. The molecule has 0 aromatic heterocycles. The minimum atomic E-state index is -0.744. The summed E-state index contributed by atoms with van der Waals surface area (Å²) in [6, 6.07) is 4.74. The Hall–Kier alpha value is -3.03. The zero-order valence-electron chi connectivity index (χ0n) is 12.7. The van der Waals surface area contributed by atoms with Gasteiger partial charge in [-0.15, -0.1) is 0 Å². The van der Waals surface area contributed by atoms with E-state index in [9.17, 15) is 14.4 Å². The maximum absolute atomic E-state index is 12.0. The largest absolute Gasteiger partial charge is 0.491 e. The van der Waals surface area contributed by atoms with E-state index in [1.54, 1.807) is 12.1 Å². The van der Waals surface area contributed by atoms with E-state index in [0.29, 0.717) is 30.2 Å². The second-order valence-electron chi connectivity index (χ2n) is 4.51. The van der Waals surface area contributed by atoms with Crippen LogP contribution < -0.4 is 15.4 Å². The molecule has 1 heterocycles. The third kappa shape index (κ3) is 4.00. The number of rotatable bonds is 4. The summed E-state index contributed by atoms with van der Waals surface area (Å²) in [5.74, 6) is -1.29. The van der Waals surface area contributed by atoms with Crippen LogP contribution in [-0.2, 0) is 19.1 Å². The minimum absolute atomic E-state index is 0.116. The van der Waals surface area contributed by atoms with Crippen molar-refractivity contribution in [1.29, 1.82) is 0 Å². The number of methoxy groups -OCH3 is 2. The zero-order chi connectivity index (χ0) is 16.8. The van der Waals surface area contributed by atoms with Gasteiger partial charge in [0, 0.05) is 5.69 Å². The fourth-order valence-corrected chi connectivity index (χ4v) is 1.92. The monoisotopic (exact) mass is 320 g/mol. The van der Waals surface area contributed by atoms with Gasteiger partial charge in [0.25, 0.3) is 5.91 Å². The lowest BCUT2D eigenvalue weighted by molar-refractivity contribution is -0.138. The minimum Gasteiger partial charge on any atom is -0.491 e. The molecule has 1 aromatic carbocycles. The quantitative estimate of drug-likeness (QED) is 0.613. The molecule has 8 nitrogen and oxygen atoms in total. The van der Waals surface area contributed by atoms with E-state index < -0.39 is 11.9 Å². The molecule has 0 bridgehead atoms. The van der Waals surface area contributed by atoms with Crippen molar-refractivity contribution >= 4 is 23.5 Å². The van der Waals surface area contributed by atoms with Crippen molar-refractivity contribution in [3.05, 3.63) is 35.5 Å². The van der Waals surface area contributed by atoms with Crippen LogP contribution >= 0.6 is 0 Å². The molecule has 1 aliphatic rings. The topological polar surface area (TPSA) is 103 Å². The van der Waals surface area contributed by atoms with Crippen molar-refractivity contribution in [3.63, 3.8) is 0 Å². The van der Waals surface area contributed by atoms with Gasteiger partial charge in [0.05, 0.1) is 32.4 Å². The van der Waals surface area contributed by atoms with Gasteiger partial charge >= 0.3 is 11.9 Å². The van der Waals surface area contributed by atoms with E-state index in [0.717, 1.165) is 6.08 Å². The molecule has 1 amide bonds. The first-order valence-electron chi connectivity index (χ1n) is 6.75. The molecule has 8 heteroatoms. The Kier molecular flexibility index (Phi) is 5.19. The molecule has 0 spiro atoms. The third-order valence-corrected chi connectivity index (χ3v) is 3.02. The van der Waals surface area contributed by atoms with Crippen LogP contribution in [0.15, 0.2) is 30.0 Å². The molecule has 0 fully saturated rings. The molecule has 0 radical (unpaired) electrons. The summed E-state index contributed by atoms with van der Waals surface area (Å²) in [4.78, 5) is 35.0. The number of esters is 2. The van der Waals surface area contributed by atoms with E-state index in [2.05, 4.69) is 20.1 Å². The predicted molar refractivity (Wildman–Crippen MR) is 80.0 cm³/mol. The molecule has 1 aromatic rings. The molecule has 2 rings (SSSR count). The fraction of sp³-hybridized carbons (Fsp3) is 0.267. The van der Waals surface area contributed by atoms with E-state index in [-0.39, 0.29) is 11.6 Å². The van der Waals surface area contributed by atoms with Crippen molar-refractivity contribution in [3.8, 4) is 5.75 Å². The summed E-state index contributed by atoms with van der Waals surface area (Å²) in [5, 5.41) is 5.42. The first kappa shape index (κ1) is 16.3. The van der Waals surface area contributed by atoms with Crippen LogP contribution in [0.3, 0.4) is 0 Å². The average Bonchev–Trinajstić information content (AvgIpc) is 2.75. The van der Waals surface area contributed by atoms with Crippen molar-refractivity contribution in [2.75, 3.05) is 32.7 Å². The van der Waals surface area contributed by atoms with E-state index in [1.165, 1.54) is 20.3 Å². The third-order valence-electron chi connectivity index (χ3n) is 3.02. The molecule has 122 valence electrons. The summed E-state index contributed by atoms with van der Waals surface area (Å²) in [6.07, 6.45) is 0.966. The Morgan fingerprint density at radius 3 is 2.78 bits per heavy atom. The van der Waals surface area contributed by atoms with Crippen LogP contribution in [0.5, 0.6) is 5.75 Å². The molecule has 23 heavy (non-hydrogen) atoms. The molecule has 0 unspecified atom stereocenters. The summed E-state index contributed by atoms with van der Waals surface area (Å²) < 4.78 is 14.5. The predicted octanol–water partition coefficient (Wildman–Crippen LogP) is 0.451. The number of ether oxygens (including phenoxy) is 3. The van der Waals surface area contributed by atoms with Gasteiger partial charge in [0.1, 0.15) is 18.1 Å². The van der Waals surface area contributed by atoms with Crippen LogP contribution in [0.4, 0.5) is 5.69 Å². The molecule has 1 aliphatic heterocycles. The van der Waals surface area contributed by atoms with Crippen LogP contribution in [0.2, 0.25) is 0 Å². The van der Waals surface area contributed by atoms with Gasteiger partial charge in [0.15, 0.2) is 0 Å². The summed E-state index contributed by atoms with van der Waals surface area (Å²) >= 11 is 0. The molecule has 2 N–H and O–H groups in total. The van der Waals surface area contributed by atoms with Gasteiger partial charge in [-0.1, -0.05) is 0 Å². The Morgan fingerprint density at radius 2 is 2.09 bits per heavy atom. The van der Waals surface area contributed by atoms with Crippen LogP contribution in [0.1, 0.15) is 10.4 Å². The molecular weight excluding hydrogens is 304 g/mol. The van der Waals surface area contributed by atoms with Crippen LogP contribution in [0, 0.1) is 0 Å². The number of fused-ring (bicyclic) bond motifs is 1. The lowest BCUT2D eigenvalue weighted by Gasteiger charge is -2.11. The highest BCUT2D eigenvalue weighted by Crippen LogP contribution is 2.25. The van der Waals surface area contributed by atoms with E-state index >= 15 is 0 Å². The van der Waals surface area contributed by atoms with Crippen molar-refractivity contribution < 1.29 is 28.6 Å². The Morgan fingerprint density at radius 1 is 1.30 bits per heavy atom. The summed E-state index contributed by atoms with van der Waals surface area (Å²) in [6.45, 7) is 0.785. The maximum Gasteiger partial charge on any atom is 0.354 e. The number of hydrogen-bond donors (Lipinski definition) is 2. The van der Waals surface area contributed by atoms with Crippen molar-refractivity contribution in [2.45, 2.75) is 0 Å². The van der Waals surface area contributed by atoms with Gasteiger partial charge in [-0.25, -0.2) is 9.59 Å². The fourth-order valence-electron chi connectivity index (χ4n) is 1.92. The van der Waals surface area contributed by atoms with E-state index in [1.807, 2.05) is 0 Å². The number of carbonyl (C=O) groups is 3. The van der Waals surface area contributed by atoms with Gasteiger partial charge in [-0.3, -0.25) is 4.79 Å². The van der Waals surface area contributed by atoms with Gasteiger partial charge in [-0.2, -0.15) is 0 Å². The zero-order valence-corrected chi connectivity index (χ0v) is 12.7. The average molecular weight is 320 g/mol. The van der Waals surface area contributed by atoms with Crippen molar-refractivity contribution in [1.82, 2.24) is 5.32 Å². The van der Waals surface area contributed by atoms with Crippen molar-refractivity contribution in [2.24, 2.45) is 0 Å². The molecular formula is C15H16N2O6. The maximum atomic E-state index is 12.0.